The number of carboxylic acids is 2. The summed E-state index contributed by atoms with van der Waals surface area (Å²) < 4.78 is 0. The lowest BCUT2D eigenvalue weighted by atomic mass is 10.4. The van der Waals surface area contributed by atoms with Gasteiger partial charge in [0.1, 0.15) is 13.1 Å². The number of hydrogen-bond donors (Lipinski definition) is 2. The zero-order valence-electron chi connectivity index (χ0n) is 9.91. The van der Waals surface area contributed by atoms with Gasteiger partial charge in [0, 0.05) is 12.6 Å². The molecule has 0 heterocycles. The Morgan fingerprint density at radius 3 is 2.00 bits per heavy atom. The van der Waals surface area contributed by atoms with Crippen molar-refractivity contribution in [2.24, 2.45) is 0 Å². The van der Waals surface area contributed by atoms with Crippen LogP contribution in [-0.4, -0.2) is 63.7 Å². The molecule has 0 saturated heterocycles. The van der Waals surface area contributed by atoms with E-state index in [1.54, 1.807) is 0 Å². The molecule has 7 heteroatoms. The summed E-state index contributed by atoms with van der Waals surface area (Å²) in [6, 6.07) is -0.497. The number of carboxylic acid groups (broad SMARTS) is 2. The van der Waals surface area contributed by atoms with Crippen LogP contribution < -0.4 is 0 Å². The molecule has 2 N–H and O–H groups in total. The molecule has 0 atom stereocenters. The number of nitrogens with zero attached hydrogens (tertiary/aromatic N) is 2. The molecule has 100 valence electrons. The molecule has 1 aliphatic carbocycles. The molecule has 18 heavy (non-hydrogen) atoms. The molecule has 0 aliphatic heterocycles. The van der Waals surface area contributed by atoms with E-state index in [-0.39, 0.29) is 6.04 Å². The van der Waals surface area contributed by atoms with Crippen molar-refractivity contribution in [3.63, 3.8) is 0 Å². The summed E-state index contributed by atoms with van der Waals surface area (Å²) in [5, 5.41) is 17.4. The monoisotopic (exact) mass is 256 g/mol. The van der Waals surface area contributed by atoms with Gasteiger partial charge in [0.2, 0.25) is 0 Å². The van der Waals surface area contributed by atoms with E-state index in [1.165, 1.54) is 11.0 Å². The van der Waals surface area contributed by atoms with E-state index in [2.05, 4.69) is 6.58 Å². The minimum atomic E-state index is -1.24. The Hall–Kier alpha value is -2.05. The molecule has 1 saturated carbocycles. The predicted molar refractivity (Wildman–Crippen MR) is 62.2 cm³/mol. The van der Waals surface area contributed by atoms with Crippen LogP contribution in [0.1, 0.15) is 12.8 Å². The van der Waals surface area contributed by atoms with Gasteiger partial charge in [0.25, 0.3) is 0 Å². The fraction of sp³-hybridized carbons (Fsp3) is 0.545. The highest BCUT2D eigenvalue weighted by Crippen LogP contribution is 2.27. The highest BCUT2D eigenvalue weighted by molar-refractivity contribution is 5.84. The Kier molecular flexibility index (Phi) is 4.70. The van der Waals surface area contributed by atoms with Crippen molar-refractivity contribution in [3.05, 3.63) is 12.7 Å². The van der Waals surface area contributed by atoms with E-state index in [0.717, 1.165) is 17.7 Å². The molecule has 1 fully saturated rings. The third-order valence-corrected chi connectivity index (χ3v) is 2.48. The van der Waals surface area contributed by atoms with E-state index in [9.17, 15) is 14.4 Å². The summed E-state index contributed by atoms with van der Waals surface area (Å²) in [5.74, 6) is -2.47. The highest BCUT2D eigenvalue weighted by Gasteiger charge is 2.35. The van der Waals surface area contributed by atoms with Crippen LogP contribution in [0, 0.1) is 0 Å². The van der Waals surface area contributed by atoms with E-state index >= 15 is 0 Å². The minimum Gasteiger partial charge on any atom is -0.480 e. The van der Waals surface area contributed by atoms with Crippen molar-refractivity contribution < 1.29 is 24.6 Å². The maximum absolute atomic E-state index is 12.1. The van der Waals surface area contributed by atoms with Crippen LogP contribution in [0.15, 0.2) is 12.7 Å². The zero-order valence-corrected chi connectivity index (χ0v) is 9.91. The summed E-state index contributed by atoms with van der Waals surface area (Å²) in [4.78, 5) is 35.6. The first-order valence-corrected chi connectivity index (χ1v) is 5.55. The third kappa shape index (κ3) is 4.08. The molecule has 1 aliphatic rings. The van der Waals surface area contributed by atoms with Gasteiger partial charge in [0.05, 0.1) is 0 Å². The van der Waals surface area contributed by atoms with Crippen LogP contribution in [0.25, 0.3) is 0 Å². The molecule has 0 aromatic rings. The number of hydrogen-bond acceptors (Lipinski definition) is 3. The van der Waals surface area contributed by atoms with Gasteiger partial charge in [-0.2, -0.15) is 0 Å². The first-order chi connectivity index (χ1) is 8.45. The molecule has 0 aromatic carbocycles. The molecule has 0 aromatic heterocycles. The number of urea groups is 1. The lowest BCUT2D eigenvalue weighted by Gasteiger charge is -2.28. The molecular weight excluding hydrogens is 240 g/mol. The second-order valence-electron chi connectivity index (χ2n) is 4.10. The minimum absolute atomic E-state index is 0.0700. The number of carbonyl (C=O) groups is 3. The predicted octanol–water partition coefficient (Wildman–Crippen LogP) is 0.228. The Morgan fingerprint density at radius 1 is 1.17 bits per heavy atom. The van der Waals surface area contributed by atoms with Crippen molar-refractivity contribution in [3.8, 4) is 0 Å². The summed E-state index contributed by atoms with van der Waals surface area (Å²) in [6.45, 7) is 2.58. The average molecular weight is 256 g/mol. The fourth-order valence-electron chi connectivity index (χ4n) is 1.61. The van der Waals surface area contributed by atoms with Crippen molar-refractivity contribution in [1.29, 1.82) is 0 Å². The summed E-state index contributed by atoms with van der Waals surface area (Å²) in [6.07, 6.45) is 3.25. The molecule has 1 rings (SSSR count). The lowest BCUT2D eigenvalue weighted by molar-refractivity contribution is -0.140. The topological polar surface area (TPSA) is 98.2 Å². The van der Waals surface area contributed by atoms with Crippen LogP contribution in [0.5, 0.6) is 0 Å². The fourth-order valence-corrected chi connectivity index (χ4v) is 1.61. The van der Waals surface area contributed by atoms with Gasteiger partial charge in [0.15, 0.2) is 0 Å². The molecule has 0 unspecified atom stereocenters. The number of amides is 2. The number of aliphatic carboxylic acids is 2. The quantitative estimate of drug-likeness (QED) is 0.635. The van der Waals surface area contributed by atoms with E-state index in [0.29, 0.717) is 6.54 Å². The average Bonchev–Trinajstić information content (AvgIpc) is 3.06. The van der Waals surface area contributed by atoms with Crippen molar-refractivity contribution >= 4 is 18.0 Å². The Morgan fingerprint density at radius 2 is 1.67 bits per heavy atom. The number of rotatable bonds is 7. The van der Waals surface area contributed by atoms with Gasteiger partial charge in [-0.1, -0.05) is 6.08 Å². The van der Waals surface area contributed by atoms with Crippen LogP contribution in [0.3, 0.4) is 0 Å². The number of carbonyl (C=O) groups excluding carboxylic acids is 1. The second kappa shape index (κ2) is 6.04. The lowest BCUT2D eigenvalue weighted by Crippen LogP contribution is -2.48. The smallest absolute Gasteiger partial charge is 0.323 e. The zero-order chi connectivity index (χ0) is 13.7. The van der Waals surface area contributed by atoms with Gasteiger partial charge < -0.3 is 20.0 Å². The molecule has 7 nitrogen and oxygen atoms in total. The van der Waals surface area contributed by atoms with Crippen molar-refractivity contribution in [2.75, 3.05) is 19.6 Å². The van der Waals surface area contributed by atoms with Crippen LogP contribution in [0.2, 0.25) is 0 Å². The van der Waals surface area contributed by atoms with Crippen LogP contribution >= 0.6 is 0 Å². The van der Waals surface area contributed by atoms with Crippen molar-refractivity contribution in [1.82, 2.24) is 9.80 Å². The standard InChI is InChI=1S/C11H16N2O5/c1-2-5-13(8-3-4-8)11(18)12(6-9(14)15)7-10(16)17/h2,8H,1,3-7H2,(H,14,15)(H,16,17). The first-order valence-electron chi connectivity index (χ1n) is 5.55. The maximum atomic E-state index is 12.1. The SMILES string of the molecule is C=CCN(C(=O)N(CC(=O)O)CC(=O)O)C1CC1. The van der Waals surface area contributed by atoms with Gasteiger partial charge in [-0.05, 0) is 12.8 Å². The summed E-state index contributed by atoms with van der Waals surface area (Å²) in [7, 11) is 0. The Balaban J connectivity index is 2.74. The van der Waals surface area contributed by atoms with Gasteiger partial charge in [-0.15, -0.1) is 6.58 Å². The molecule has 2 amide bonds. The van der Waals surface area contributed by atoms with Gasteiger partial charge in [-0.25, -0.2) is 4.79 Å². The molecule has 0 bridgehead atoms. The molecule has 0 spiro atoms. The highest BCUT2D eigenvalue weighted by atomic mass is 16.4. The first kappa shape index (κ1) is 14.0. The summed E-state index contributed by atoms with van der Waals surface area (Å²) in [5.41, 5.74) is 0. The van der Waals surface area contributed by atoms with Crippen molar-refractivity contribution in [2.45, 2.75) is 18.9 Å². The Bertz CT molecular complexity index is 348. The Labute approximate surface area is 104 Å². The van der Waals surface area contributed by atoms with E-state index in [4.69, 9.17) is 10.2 Å². The van der Waals surface area contributed by atoms with Gasteiger partial charge in [-0.3, -0.25) is 9.59 Å². The van der Waals surface area contributed by atoms with E-state index in [1.807, 2.05) is 0 Å². The largest absolute Gasteiger partial charge is 0.480 e. The second-order valence-corrected chi connectivity index (χ2v) is 4.10. The summed E-state index contributed by atoms with van der Waals surface area (Å²) >= 11 is 0. The van der Waals surface area contributed by atoms with Gasteiger partial charge >= 0.3 is 18.0 Å². The van der Waals surface area contributed by atoms with Crippen LogP contribution in [-0.2, 0) is 9.59 Å². The van der Waals surface area contributed by atoms with Crippen LogP contribution in [0.4, 0.5) is 4.79 Å². The molecule has 0 radical (unpaired) electrons. The third-order valence-electron chi connectivity index (χ3n) is 2.48. The molecular formula is C11H16N2O5. The van der Waals surface area contributed by atoms with E-state index < -0.39 is 31.1 Å². The normalized spacial score (nSPS) is 13.8. The maximum Gasteiger partial charge on any atom is 0.323 e.